The summed E-state index contributed by atoms with van der Waals surface area (Å²) in [7, 11) is 0. The van der Waals surface area contributed by atoms with E-state index in [1.54, 1.807) is 12.1 Å². The van der Waals surface area contributed by atoms with E-state index in [0.717, 1.165) is 28.5 Å². The minimum absolute atomic E-state index is 0.147. The lowest BCUT2D eigenvalue weighted by molar-refractivity contribution is -0.123. The lowest BCUT2D eigenvalue weighted by atomic mass is 10.1. The Hall–Kier alpha value is -3.02. The number of para-hydroxylation sites is 1. The van der Waals surface area contributed by atoms with Crippen LogP contribution in [0.25, 0.3) is 6.08 Å². The molecule has 1 saturated heterocycles. The van der Waals surface area contributed by atoms with E-state index in [1.165, 1.54) is 4.90 Å². The smallest absolute Gasteiger partial charge is 0.293 e. The van der Waals surface area contributed by atoms with E-state index in [-0.39, 0.29) is 17.7 Å². The Kier molecular flexibility index (Phi) is 6.21. The van der Waals surface area contributed by atoms with Crippen molar-refractivity contribution in [3.05, 3.63) is 105 Å². The van der Waals surface area contributed by atoms with E-state index >= 15 is 0 Å². The standard InChI is InChI=1S/C24H18ClNO3S/c25-20-12-6-4-11-19(20)15-26-23(27)22(30-24(26)28)14-18-10-5-7-13-21(18)29-16-17-8-2-1-3-9-17/h1-14H,15-16H2/b22-14+. The first-order chi connectivity index (χ1) is 14.6. The highest BCUT2D eigenvalue weighted by atomic mass is 35.5. The SMILES string of the molecule is O=C1S/C(=C/c2ccccc2OCc2ccccc2)C(=O)N1Cc1ccccc1Cl. The summed E-state index contributed by atoms with van der Waals surface area (Å²) < 4.78 is 5.95. The zero-order valence-corrected chi connectivity index (χ0v) is 17.5. The molecule has 0 radical (unpaired) electrons. The maximum atomic E-state index is 12.9. The van der Waals surface area contributed by atoms with Gasteiger partial charge in [-0.05, 0) is 41.1 Å². The van der Waals surface area contributed by atoms with Crippen LogP contribution >= 0.6 is 23.4 Å². The number of amides is 2. The molecule has 0 aromatic heterocycles. The number of hydrogen-bond acceptors (Lipinski definition) is 4. The molecule has 0 aliphatic carbocycles. The van der Waals surface area contributed by atoms with Crippen molar-refractivity contribution in [2.24, 2.45) is 0 Å². The number of benzene rings is 3. The van der Waals surface area contributed by atoms with Gasteiger partial charge in [0.05, 0.1) is 11.4 Å². The van der Waals surface area contributed by atoms with Gasteiger partial charge in [0.1, 0.15) is 12.4 Å². The molecule has 0 bridgehead atoms. The van der Waals surface area contributed by atoms with Gasteiger partial charge in [-0.1, -0.05) is 78.3 Å². The maximum absolute atomic E-state index is 12.9. The molecule has 0 saturated carbocycles. The van der Waals surface area contributed by atoms with Crippen molar-refractivity contribution in [1.29, 1.82) is 0 Å². The largest absolute Gasteiger partial charge is 0.488 e. The van der Waals surface area contributed by atoms with Crippen LogP contribution in [0.2, 0.25) is 5.02 Å². The molecular formula is C24H18ClNO3S. The minimum Gasteiger partial charge on any atom is -0.488 e. The van der Waals surface area contributed by atoms with Crippen molar-refractivity contribution < 1.29 is 14.3 Å². The highest BCUT2D eigenvalue weighted by Gasteiger charge is 2.35. The third kappa shape index (κ3) is 4.58. The Morgan fingerprint density at radius 3 is 2.40 bits per heavy atom. The zero-order valence-electron chi connectivity index (χ0n) is 16.0. The fraction of sp³-hybridized carbons (Fsp3) is 0.0833. The number of carbonyl (C=O) groups excluding carboxylic acids is 2. The maximum Gasteiger partial charge on any atom is 0.293 e. The molecule has 4 nitrogen and oxygen atoms in total. The van der Waals surface area contributed by atoms with Crippen LogP contribution in [0.4, 0.5) is 4.79 Å². The summed E-state index contributed by atoms with van der Waals surface area (Å²) in [5.41, 5.74) is 2.53. The molecule has 2 amide bonds. The number of imide groups is 1. The average Bonchev–Trinajstić information content (AvgIpc) is 3.03. The van der Waals surface area contributed by atoms with Gasteiger partial charge in [-0.2, -0.15) is 0 Å². The third-order valence-corrected chi connectivity index (χ3v) is 5.88. The molecule has 6 heteroatoms. The van der Waals surface area contributed by atoms with E-state index < -0.39 is 0 Å². The van der Waals surface area contributed by atoms with Crippen molar-refractivity contribution >= 4 is 40.6 Å². The molecule has 150 valence electrons. The van der Waals surface area contributed by atoms with Crippen LogP contribution in [-0.2, 0) is 17.9 Å². The molecular weight excluding hydrogens is 418 g/mol. The number of carbonyl (C=O) groups is 2. The van der Waals surface area contributed by atoms with Gasteiger partial charge in [-0.15, -0.1) is 0 Å². The lowest BCUT2D eigenvalue weighted by Gasteiger charge is -2.13. The number of rotatable bonds is 6. The second-order valence-electron chi connectivity index (χ2n) is 6.67. The number of halogens is 1. The van der Waals surface area contributed by atoms with Crippen LogP contribution in [0.1, 0.15) is 16.7 Å². The first kappa shape index (κ1) is 20.3. The fourth-order valence-electron chi connectivity index (χ4n) is 3.04. The van der Waals surface area contributed by atoms with Gasteiger partial charge < -0.3 is 4.74 Å². The molecule has 0 unspecified atom stereocenters. The summed E-state index contributed by atoms with van der Waals surface area (Å²) in [6.07, 6.45) is 1.71. The number of hydrogen-bond donors (Lipinski definition) is 0. The predicted octanol–water partition coefficient (Wildman–Crippen LogP) is 6.16. The Morgan fingerprint density at radius 1 is 0.900 bits per heavy atom. The van der Waals surface area contributed by atoms with E-state index in [9.17, 15) is 9.59 Å². The van der Waals surface area contributed by atoms with Crippen LogP contribution < -0.4 is 4.74 Å². The molecule has 30 heavy (non-hydrogen) atoms. The molecule has 1 aliphatic rings. The summed E-state index contributed by atoms with van der Waals surface area (Å²) in [5, 5.41) is 0.217. The first-order valence-corrected chi connectivity index (χ1v) is 10.6. The Labute approximate surface area is 184 Å². The van der Waals surface area contributed by atoms with Crippen molar-refractivity contribution in [2.45, 2.75) is 13.2 Å². The lowest BCUT2D eigenvalue weighted by Crippen LogP contribution is -2.27. The highest BCUT2D eigenvalue weighted by molar-refractivity contribution is 8.18. The van der Waals surface area contributed by atoms with E-state index in [2.05, 4.69) is 0 Å². The average molecular weight is 436 g/mol. The van der Waals surface area contributed by atoms with Crippen LogP contribution in [-0.4, -0.2) is 16.0 Å². The third-order valence-electron chi connectivity index (χ3n) is 4.60. The van der Waals surface area contributed by atoms with E-state index in [1.807, 2.05) is 72.8 Å². The van der Waals surface area contributed by atoms with Crippen LogP contribution in [0.5, 0.6) is 5.75 Å². The van der Waals surface area contributed by atoms with Gasteiger partial charge in [0.2, 0.25) is 0 Å². The second kappa shape index (κ2) is 9.20. The quantitative estimate of drug-likeness (QED) is 0.435. The molecule has 0 atom stereocenters. The molecule has 0 spiro atoms. The Bertz CT molecular complexity index is 1110. The van der Waals surface area contributed by atoms with E-state index in [4.69, 9.17) is 16.3 Å². The van der Waals surface area contributed by atoms with Gasteiger partial charge in [-0.25, -0.2) is 0 Å². The number of thioether (sulfide) groups is 1. The molecule has 0 N–H and O–H groups in total. The zero-order chi connectivity index (χ0) is 20.9. The molecule has 3 aromatic carbocycles. The van der Waals surface area contributed by atoms with Gasteiger partial charge in [-0.3, -0.25) is 14.5 Å². The number of nitrogens with zero attached hydrogens (tertiary/aromatic N) is 1. The summed E-state index contributed by atoms with van der Waals surface area (Å²) in [6, 6.07) is 24.5. The summed E-state index contributed by atoms with van der Waals surface area (Å²) >= 11 is 7.11. The highest BCUT2D eigenvalue weighted by Crippen LogP contribution is 2.35. The van der Waals surface area contributed by atoms with Crippen LogP contribution in [0.3, 0.4) is 0 Å². The van der Waals surface area contributed by atoms with Crippen LogP contribution in [0.15, 0.2) is 83.8 Å². The van der Waals surface area contributed by atoms with E-state index in [0.29, 0.717) is 22.3 Å². The molecule has 1 fully saturated rings. The molecule has 4 rings (SSSR count). The monoisotopic (exact) mass is 435 g/mol. The van der Waals surface area contributed by atoms with Crippen molar-refractivity contribution in [3.63, 3.8) is 0 Å². The summed E-state index contributed by atoms with van der Waals surface area (Å²) in [6.45, 7) is 0.563. The predicted molar refractivity (Wildman–Crippen MR) is 120 cm³/mol. The summed E-state index contributed by atoms with van der Waals surface area (Å²) in [5.74, 6) is 0.321. The molecule has 3 aromatic rings. The van der Waals surface area contributed by atoms with Crippen molar-refractivity contribution in [2.75, 3.05) is 0 Å². The molecule has 1 heterocycles. The Morgan fingerprint density at radius 2 is 1.60 bits per heavy atom. The first-order valence-electron chi connectivity index (χ1n) is 9.36. The van der Waals surface area contributed by atoms with Gasteiger partial charge in [0, 0.05) is 10.6 Å². The van der Waals surface area contributed by atoms with Crippen molar-refractivity contribution in [3.8, 4) is 5.75 Å². The topological polar surface area (TPSA) is 46.6 Å². The Balaban J connectivity index is 1.53. The summed E-state index contributed by atoms with van der Waals surface area (Å²) in [4.78, 5) is 26.9. The molecule has 1 aliphatic heterocycles. The van der Waals surface area contributed by atoms with Crippen LogP contribution in [0, 0.1) is 0 Å². The van der Waals surface area contributed by atoms with Crippen molar-refractivity contribution in [1.82, 2.24) is 4.90 Å². The van der Waals surface area contributed by atoms with Gasteiger partial charge >= 0.3 is 0 Å². The number of ether oxygens (including phenoxy) is 1. The van der Waals surface area contributed by atoms with Gasteiger partial charge in [0.25, 0.3) is 11.1 Å². The van der Waals surface area contributed by atoms with Gasteiger partial charge in [0.15, 0.2) is 0 Å². The minimum atomic E-state index is -0.331. The normalized spacial score (nSPS) is 15.1. The second-order valence-corrected chi connectivity index (χ2v) is 8.07. The fourth-order valence-corrected chi connectivity index (χ4v) is 4.07.